The number of ether oxygens (including phenoxy) is 2. The minimum Gasteiger partial charge on any atom is -0.467 e. The lowest BCUT2D eigenvalue weighted by atomic mass is 10.0. The Morgan fingerprint density at radius 3 is 2.56 bits per heavy atom. The summed E-state index contributed by atoms with van der Waals surface area (Å²) in [7, 11) is 3.32. The number of rotatable bonds is 8. The highest BCUT2D eigenvalue weighted by Gasteiger charge is 2.26. The van der Waals surface area contributed by atoms with Crippen LogP contribution < -0.4 is 5.32 Å². The molecule has 1 saturated carbocycles. The molecule has 0 heterocycles. The summed E-state index contributed by atoms with van der Waals surface area (Å²) in [6.07, 6.45) is 2.42. The fraction of sp³-hybridized carbons (Fsp3) is 0.381. The van der Waals surface area contributed by atoms with Gasteiger partial charge in [0, 0.05) is 19.2 Å². The average Bonchev–Trinajstić information content (AvgIpc) is 3.49. The van der Waals surface area contributed by atoms with E-state index < -0.39 is 6.10 Å². The summed E-state index contributed by atoms with van der Waals surface area (Å²) < 4.78 is 10.7. The molecule has 1 aliphatic rings. The van der Waals surface area contributed by atoms with E-state index in [0.29, 0.717) is 18.9 Å². The topological polar surface area (TPSA) is 47.6 Å². The van der Waals surface area contributed by atoms with Crippen LogP contribution >= 0.6 is 0 Å². The first-order valence-electron chi connectivity index (χ1n) is 8.76. The summed E-state index contributed by atoms with van der Waals surface area (Å²) in [4.78, 5) is 12.0. The van der Waals surface area contributed by atoms with Crippen molar-refractivity contribution in [2.45, 2.75) is 25.4 Å². The van der Waals surface area contributed by atoms with Gasteiger partial charge in [-0.05, 0) is 47.6 Å². The van der Waals surface area contributed by atoms with Crippen molar-refractivity contribution in [3.05, 3.63) is 54.1 Å². The van der Waals surface area contributed by atoms with E-state index in [9.17, 15) is 4.79 Å². The van der Waals surface area contributed by atoms with Crippen LogP contribution in [0.5, 0.6) is 0 Å². The Kier molecular flexibility index (Phi) is 5.71. The zero-order valence-electron chi connectivity index (χ0n) is 14.8. The maximum Gasteiger partial charge on any atom is 0.335 e. The highest BCUT2D eigenvalue weighted by atomic mass is 16.6. The first kappa shape index (κ1) is 17.5. The molecule has 0 aromatic heterocycles. The summed E-state index contributed by atoms with van der Waals surface area (Å²) in [5.74, 6) is 0.320. The van der Waals surface area contributed by atoms with E-state index >= 15 is 0 Å². The molecule has 25 heavy (non-hydrogen) atoms. The molecule has 4 nitrogen and oxygen atoms in total. The summed E-state index contributed by atoms with van der Waals surface area (Å²) in [5.41, 5.74) is 4.46. The molecule has 0 aliphatic heterocycles. The SMILES string of the molecule is CNc1cccc(-c2ccc(CC(OCC3CC3)C(=O)OC)cc2)c1. The molecule has 2 aromatic carbocycles. The minimum atomic E-state index is -0.524. The Hall–Kier alpha value is -2.33. The summed E-state index contributed by atoms with van der Waals surface area (Å²) >= 11 is 0. The molecule has 4 heteroatoms. The number of benzene rings is 2. The van der Waals surface area contributed by atoms with Gasteiger partial charge in [-0.2, -0.15) is 0 Å². The van der Waals surface area contributed by atoms with Gasteiger partial charge in [-0.15, -0.1) is 0 Å². The molecule has 0 amide bonds. The van der Waals surface area contributed by atoms with Crippen molar-refractivity contribution in [1.82, 2.24) is 0 Å². The molecule has 1 atom stereocenters. The van der Waals surface area contributed by atoms with Crippen molar-refractivity contribution < 1.29 is 14.3 Å². The van der Waals surface area contributed by atoms with Gasteiger partial charge < -0.3 is 14.8 Å². The van der Waals surface area contributed by atoms with Gasteiger partial charge in [0.05, 0.1) is 13.7 Å². The smallest absolute Gasteiger partial charge is 0.335 e. The molecule has 1 fully saturated rings. The largest absolute Gasteiger partial charge is 0.467 e. The standard InChI is InChI=1S/C21H25NO3/c1-22-19-5-3-4-18(13-19)17-10-8-15(9-11-17)12-20(21(23)24-2)25-14-16-6-7-16/h3-5,8-11,13,16,20,22H,6-7,12,14H2,1-2H3. The van der Waals surface area contributed by atoms with E-state index in [1.54, 1.807) is 0 Å². The van der Waals surface area contributed by atoms with Crippen LogP contribution in [0, 0.1) is 5.92 Å². The lowest BCUT2D eigenvalue weighted by Crippen LogP contribution is -2.28. The Labute approximate surface area is 149 Å². The van der Waals surface area contributed by atoms with Gasteiger partial charge in [0.15, 0.2) is 6.10 Å². The summed E-state index contributed by atoms with van der Waals surface area (Å²) in [6, 6.07) is 16.6. The van der Waals surface area contributed by atoms with Crippen molar-refractivity contribution in [3.63, 3.8) is 0 Å². The Balaban J connectivity index is 1.68. The second-order valence-corrected chi connectivity index (χ2v) is 6.52. The molecule has 132 valence electrons. The Morgan fingerprint density at radius 1 is 1.16 bits per heavy atom. The molecule has 0 spiro atoms. The molecule has 2 aromatic rings. The highest BCUT2D eigenvalue weighted by Crippen LogP contribution is 2.29. The number of esters is 1. The van der Waals surface area contributed by atoms with Crippen LogP contribution in [0.3, 0.4) is 0 Å². The second kappa shape index (κ2) is 8.17. The van der Waals surface area contributed by atoms with Crippen LogP contribution in [-0.2, 0) is 20.7 Å². The van der Waals surface area contributed by atoms with Crippen LogP contribution in [-0.4, -0.2) is 32.8 Å². The molecule has 1 aliphatic carbocycles. The molecular formula is C21H25NO3. The second-order valence-electron chi connectivity index (χ2n) is 6.52. The van der Waals surface area contributed by atoms with Crippen molar-refractivity contribution in [2.75, 3.05) is 26.1 Å². The normalized spacial score (nSPS) is 14.8. The van der Waals surface area contributed by atoms with Crippen LogP contribution in [0.2, 0.25) is 0 Å². The van der Waals surface area contributed by atoms with Crippen LogP contribution in [0.1, 0.15) is 18.4 Å². The lowest BCUT2D eigenvalue weighted by molar-refractivity contribution is -0.154. The lowest BCUT2D eigenvalue weighted by Gasteiger charge is -2.16. The zero-order valence-corrected chi connectivity index (χ0v) is 14.8. The minimum absolute atomic E-state index is 0.300. The van der Waals surface area contributed by atoms with E-state index in [0.717, 1.165) is 22.4 Å². The van der Waals surface area contributed by atoms with Gasteiger partial charge in [-0.3, -0.25) is 0 Å². The van der Waals surface area contributed by atoms with Gasteiger partial charge >= 0.3 is 5.97 Å². The number of anilines is 1. The maximum atomic E-state index is 12.0. The van der Waals surface area contributed by atoms with Gasteiger partial charge in [0.2, 0.25) is 0 Å². The molecule has 3 rings (SSSR count). The quantitative estimate of drug-likeness (QED) is 0.741. The fourth-order valence-electron chi connectivity index (χ4n) is 2.78. The number of methoxy groups -OCH3 is 1. The third-order valence-corrected chi connectivity index (χ3v) is 4.55. The van der Waals surface area contributed by atoms with Crippen molar-refractivity contribution in [2.24, 2.45) is 5.92 Å². The van der Waals surface area contributed by atoms with E-state index in [1.165, 1.54) is 20.0 Å². The first-order valence-corrected chi connectivity index (χ1v) is 8.76. The van der Waals surface area contributed by atoms with E-state index in [2.05, 4.69) is 41.7 Å². The van der Waals surface area contributed by atoms with Crippen LogP contribution in [0.15, 0.2) is 48.5 Å². The van der Waals surface area contributed by atoms with Crippen molar-refractivity contribution >= 4 is 11.7 Å². The molecule has 0 radical (unpaired) electrons. The number of hydrogen-bond donors (Lipinski definition) is 1. The zero-order chi connectivity index (χ0) is 17.6. The van der Waals surface area contributed by atoms with Gasteiger partial charge in [-0.1, -0.05) is 36.4 Å². The van der Waals surface area contributed by atoms with Gasteiger partial charge in [0.25, 0.3) is 0 Å². The van der Waals surface area contributed by atoms with Gasteiger partial charge in [0.1, 0.15) is 0 Å². The number of hydrogen-bond acceptors (Lipinski definition) is 4. The van der Waals surface area contributed by atoms with E-state index in [-0.39, 0.29) is 5.97 Å². The highest BCUT2D eigenvalue weighted by molar-refractivity contribution is 5.75. The van der Waals surface area contributed by atoms with Crippen LogP contribution in [0.4, 0.5) is 5.69 Å². The first-order chi connectivity index (χ1) is 12.2. The predicted octanol–water partition coefficient (Wildman–Crippen LogP) is 3.91. The van der Waals surface area contributed by atoms with Gasteiger partial charge in [-0.25, -0.2) is 4.79 Å². The molecule has 0 bridgehead atoms. The van der Waals surface area contributed by atoms with Crippen molar-refractivity contribution in [1.29, 1.82) is 0 Å². The molecular weight excluding hydrogens is 314 g/mol. The van der Waals surface area contributed by atoms with Crippen LogP contribution in [0.25, 0.3) is 11.1 Å². The number of carbonyl (C=O) groups is 1. The number of nitrogens with one attached hydrogen (secondary N) is 1. The predicted molar refractivity (Wildman–Crippen MR) is 99.6 cm³/mol. The number of carbonyl (C=O) groups excluding carboxylic acids is 1. The average molecular weight is 339 g/mol. The molecule has 1 N–H and O–H groups in total. The summed E-state index contributed by atoms with van der Waals surface area (Å²) in [5, 5.41) is 3.15. The van der Waals surface area contributed by atoms with E-state index in [1.807, 2.05) is 19.2 Å². The molecule has 0 saturated heterocycles. The van der Waals surface area contributed by atoms with E-state index in [4.69, 9.17) is 9.47 Å². The van der Waals surface area contributed by atoms with Crippen molar-refractivity contribution in [3.8, 4) is 11.1 Å². The fourth-order valence-corrected chi connectivity index (χ4v) is 2.78. The maximum absolute atomic E-state index is 12.0. The third kappa shape index (κ3) is 4.83. The summed E-state index contributed by atoms with van der Waals surface area (Å²) in [6.45, 7) is 0.647. The monoisotopic (exact) mass is 339 g/mol. The third-order valence-electron chi connectivity index (χ3n) is 4.55. The Morgan fingerprint density at radius 2 is 1.92 bits per heavy atom. The Bertz CT molecular complexity index is 707. The molecule has 1 unspecified atom stereocenters.